The van der Waals surface area contributed by atoms with E-state index in [0.717, 1.165) is 12.1 Å². The van der Waals surface area contributed by atoms with Crippen LogP contribution in [0, 0.1) is 10.1 Å². The van der Waals surface area contributed by atoms with Crippen LogP contribution in [-0.4, -0.2) is 60.4 Å². The summed E-state index contributed by atoms with van der Waals surface area (Å²) in [6.45, 7) is 2.39. The fourth-order valence-corrected chi connectivity index (χ4v) is 3.33. The highest BCUT2D eigenvalue weighted by Crippen LogP contribution is 2.32. The summed E-state index contributed by atoms with van der Waals surface area (Å²) < 4.78 is 44.1. The molecule has 1 N–H and O–H groups in total. The lowest BCUT2D eigenvalue weighted by molar-refractivity contribution is -0.385. The van der Waals surface area contributed by atoms with Crippen LogP contribution >= 0.6 is 0 Å². The lowest BCUT2D eigenvalue weighted by Crippen LogP contribution is -2.49. The van der Waals surface area contributed by atoms with Crippen LogP contribution in [0.1, 0.15) is 5.56 Å². The number of β-amino-alcohol motifs (C(OH)–C–C–N with tert-alkyl or cyclic N) is 1. The number of nitrogens with zero attached hydrogens (tertiary/aromatic N) is 3. The summed E-state index contributed by atoms with van der Waals surface area (Å²) in [4.78, 5) is 14.3. The molecule has 10 heteroatoms. The van der Waals surface area contributed by atoms with Gasteiger partial charge in [0.25, 0.3) is 0 Å². The predicted octanol–water partition coefficient (Wildman–Crippen LogP) is 3.18. The molecule has 3 rings (SSSR count). The first-order chi connectivity index (χ1) is 14.2. The quantitative estimate of drug-likeness (QED) is 0.542. The largest absolute Gasteiger partial charge is 0.484 e. The number of halogens is 3. The maximum Gasteiger partial charge on any atom is 0.416 e. The van der Waals surface area contributed by atoms with Crippen molar-refractivity contribution in [3.63, 3.8) is 0 Å². The molecule has 162 valence electrons. The Morgan fingerprint density at radius 2 is 1.80 bits per heavy atom. The zero-order chi connectivity index (χ0) is 21.7. The van der Waals surface area contributed by atoms with Crippen molar-refractivity contribution in [1.29, 1.82) is 0 Å². The van der Waals surface area contributed by atoms with Gasteiger partial charge in [-0.3, -0.25) is 15.0 Å². The van der Waals surface area contributed by atoms with Gasteiger partial charge in [0.1, 0.15) is 12.7 Å². The van der Waals surface area contributed by atoms with Gasteiger partial charge in [-0.05, 0) is 24.3 Å². The molecule has 1 unspecified atom stereocenters. The van der Waals surface area contributed by atoms with E-state index in [0.29, 0.717) is 38.4 Å². The maximum absolute atomic E-state index is 12.9. The summed E-state index contributed by atoms with van der Waals surface area (Å²) in [5.41, 5.74) is -0.325. The minimum absolute atomic E-state index is 0.0934. The van der Waals surface area contributed by atoms with Gasteiger partial charge < -0.3 is 14.7 Å². The molecule has 7 nitrogen and oxygen atoms in total. The molecule has 0 spiro atoms. The Bertz CT molecular complexity index is 870. The molecule has 0 saturated carbocycles. The number of nitro benzene ring substituents is 1. The summed E-state index contributed by atoms with van der Waals surface area (Å²) >= 11 is 0. The molecule has 1 saturated heterocycles. The van der Waals surface area contributed by atoms with Crippen molar-refractivity contribution in [3.8, 4) is 5.75 Å². The highest BCUT2D eigenvalue weighted by molar-refractivity contribution is 5.49. The molecule has 2 aromatic carbocycles. The minimum atomic E-state index is -4.38. The lowest BCUT2D eigenvalue weighted by Gasteiger charge is -2.37. The number of hydrogen-bond donors (Lipinski definition) is 1. The number of ether oxygens (including phenoxy) is 1. The van der Waals surface area contributed by atoms with Crippen LogP contribution in [0.3, 0.4) is 0 Å². The molecule has 30 heavy (non-hydrogen) atoms. The number of alkyl halides is 3. The van der Waals surface area contributed by atoms with Crippen molar-refractivity contribution in [3.05, 3.63) is 64.2 Å². The maximum atomic E-state index is 12.9. The van der Waals surface area contributed by atoms with Crippen LogP contribution < -0.4 is 9.64 Å². The molecule has 1 fully saturated rings. The van der Waals surface area contributed by atoms with E-state index in [1.54, 1.807) is 12.1 Å². The highest BCUT2D eigenvalue weighted by atomic mass is 19.4. The van der Waals surface area contributed by atoms with E-state index in [1.807, 2.05) is 9.80 Å². The fraction of sp³-hybridized carbons (Fsp3) is 0.400. The van der Waals surface area contributed by atoms with Crippen LogP contribution in [0.2, 0.25) is 0 Å². The second-order valence-electron chi connectivity index (χ2n) is 7.03. The van der Waals surface area contributed by atoms with Crippen molar-refractivity contribution >= 4 is 11.4 Å². The third-order valence-corrected chi connectivity index (χ3v) is 4.87. The Balaban J connectivity index is 1.49. The zero-order valence-corrected chi connectivity index (χ0v) is 16.1. The molecule has 0 aromatic heterocycles. The van der Waals surface area contributed by atoms with Gasteiger partial charge in [0.05, 0.1) is 10.5 Å². The van der Waals surface area contributed by atoms with Gasteiger partial charge in [-0.25, -0.2) is 0 Å². The molecule has 0 bridgehead atoms. The number of aliphatic hydroxyl groups excluding tert-OH is 1. The first kappa shape index (κ1) is 21.8. The lowest BCUT2D eigenvalue weighted by atomic mass is 10.1. The van der Waals surface area contributed by atoms with E-state index in [9.17, 15) is 28.4 Å². The molecule has 1 heterocycles. The van der Waals surface area contributed by atoms with Crippen molar-refractivity contribution in [1.82, 2.24) is 4.90 Å². The smallest absolute Gasteiger partial charge is 0.416 e. The third kappa shape index (κ3) is 5.61. The number of aliphatic hydroxyl groups is 1. The molecule has 1 atom stereocenters. The van der Waals surface area contributed by atoms with Gasteiger partial charge in [0, 0.05) is 44.5 Å². The Hall–Kier alpha value is -2.85. The molecule has 0 amide bonds. The topological polar surface area (TPSA) is 79.1 Å². The first-order valence-electron chi connectivity index (χ1n) is 9.43. The SMILES string of the molecule is O=[N+]([O-])c1ccccc1OCC(O)CN1CCN(c2cccc(C(F)(F)F)c2)CC1. The zero-order valence-electron chi connectivity index (χ0n) is 16.1. The molecular formula is C20H22F3N3O4. The summed E-state index contributed by atoms with van der Waals surface area (Å²) in [6, 6.07) is 11.2. The molecule has 1 aliphatic heterocycles. The average Bonchev–Trinajstić information content (AvgIpc) is 2.72. The predicted molar refractivity (Wildman–Crippen MR) is 105 cm³/mol. The van der Waals surface area contributed by atoms with Gasteiger partial charge >= 0.3 is 11.9 Å². The van der Waals surface area contributed by atoms with E-state index in [4.69, 9.17) is 4.74 Å². The molecule has 0 radical (unpaired) electrons. The van der Waals surface area contributed by atoms with Gasteiger partial charge in [-0.15, -0.1) is 0 Å². The van der Waals surface area contributed by atoms with E-state index in [-0.39, 0.29) is 18.0 Å². The van der Waals surface area contributed by atoms with E-state index >= 15 is 0 Å². The molecule has 0 aliphatic carbocycles. The molecule has 2 aromatic rings. The Labute approximate surface area is 171 Å². The number of benzene rings is 2. The second kappa shape index (κ2) is 9.31. The number of piperazine rings is 1. The molecule has 1 aliphatic rings. The number of para-hydroxylation sites is 2. The van der Waals surface area contributed by atoms with E-state index < -0.39 is 22.8 Å². The number of nitro groups is 1. The number of anilines is 1. The minimum Gasteiger partial charge on any atom is -0.484 e. The standard InChI is InChI=1S/C20H22F3N3O4/c21-20(22,23)15-4-3-5-16(12-15)25-10-8-24(9-11-25)13-17(27)14-30-19-7-2-1-6-18(19)26(28)29/h1-7,12,17,27H,8-11,13-14H2. The monoisotopic (exact) mass is 425 g/mol. The van der Waals surface area contributed by atoms with Crippen LogP contribution in [0.5, 0.6) is 5.75 Å². The van der Waals surface area contributed by atoms with Gasteiger partial charge in [0.15, 0.2) is 5.75 Å². The van der Waals surface area contributed by atoms with Crippen LogP contribution in [0.4, 0.5) is 24.5 Å². The van der Waals surface area contributed by atoms with E-state index in [1.165, 1.54) is 24.3 Å². The van der Waals surface area contributed by atoms with Gasteiger partial charge in [0.2, 0.25) is 0 Å². The fourth-order valence-electron chi connectivity index (χ4n) is 3.33. The third-order valence-electron chi connectivity index (χ3n) is 4.87. The highest BCUT2D eigenvalue weighted by Gasteiger charge is 2.31. The normalized spacial score (nSPS) is 16.3. The van der Waals surface area contributed by atoms with Crippen molar-refractivity contribution in [2.24, 2.45) is 0 Å². The van der Waals surface area contributed by atoms with Crippen LogP contribution in [0.25, 0.3) is 0 Å². The Kier molecular flexibility index (Phi) is 6.78. The summed E-state index contributed by atoms with van der Waals surface area (Å²) in [7, 11) is 0. The number of hydrogen-bond acceptors (Lipinski definition) is 6. The van der Waals surface area contributed by atoms with Crippen molar-refractivity contribution < 1.29 is 27.9 Å². The summed E-state index contributed by atoms with van der Waals surface area (Å²) in [5.74, 6) is 0.0934. The second-order valence-corrected chi connectivity index (χ2v) is 7.03. The van der Waals surface area contributed by atoms with Crippen molar-refractivity contribution in [2.45, 2.75) is 12.3 Å². The average molecular weight is 425 g/mol. The first-order valence-corrected chi connectivity index (χ1v) is 9.43. The van der Waals surface area contributed by atoms with Gasteiger partial charge in [-0.2, -0.15) is 13.2 Å². The Morgan fingerprint density at radius 1 is 1.10 bits per heavy atom. The molecular weight excluding hydrogens is 403 g/mol. The number of rotatable bonds is 7. The van der Waals surface area contributed by atoms with E-state index in [2.05, 4.69) is 0 Å². The summed E-state index contributed by atoms with van der Waals surface area (Å²) in [6.07, 6.45) is -5.24. The van der Waals surface area contributed by atoms with Crippen LogP contribution in [0.15, 0.2) is 48.5 Å². The van der Waals surface area contributed by atoms with Crippen molar-refractivity contribution in [2.75, 3.05) is 44.2 Å². The summed E-state index contributed by atoms with van der Waals surface area (Å²) in [5, 5.41) is 21.2. The van der Waals surface area contributed by atoms with Gasteiger partial charge in [-0.1, -0.05) is 18.2 Å². The Morgan fingerprint density at radius 3 is 2.47 bits per heavy atom. The van der Waals surface area contributed by atoms with Crippen LogP contribution in [-0.2, 0) is 6.18 Å².